The van der Waals surface area contributed by atoms with Crippen molar-refractivity contribution in [3.8, 4) is 11.5 Å². The molecule has 1 aliphatic carbocycles. The second-order valence-electron chi connectivity index (χ2n) is 11.6. The minimum absolute atomic E-state index is 0.0145. The van der Waals surface area contributed by atoms with Gasteiger partial charge in [0, 0.05) is 31.4 Å². The van der Waals surface area contributed by atoms with Gasteiger partial charge < -0.3 is 19.7 Å². The summed E-state index contributed by atoms with van der Waals surface area (Å²) in [6, 6.07) is 15.8. The topological polar surface area (TPSA) is 106 Å². The molecule has 1 aromatic heterocycles. The fourth-order valence-electron chi connectivity index (χ4n) is 6.04. The number of Topliss-reactive ketones (excluding diaryl/α,β-unsaturated/α-hetero) is 1. The highest BCUT2D eigenvalue weighted by Gasteiger charge is 2.38. The molecule has 0 spiro atoms. The Morgan fingerprint density at radius 3 is 2.40 bits per heavy atom. The molecule has 4 bridgehead atoms. The van der Waals surface area contributed by atoms with Crippen LogP contribution in [0.1, 0.15) is 52.6 Å². The number of amides is 2. The van der Waals surface area contributed by atoms with Gasteiger partial charge in [-0.25, -0.2) is 0 Å². The largest absolute Gasteiger partial charge is 0.457 e. The summed E-state index contributed by atoms with van der Waals surface area (Å²) in [6.07, 6.45) is 1.77. The zero-order valence-electron chi connectivity index (χ0n) is 24.3. The van der Waals surface area contributed by atoms with Crippen LogP contribution in [-0.4, -0.2) is 75.0 Å². The molecular formula is C32H37N5O5. The minimum Gasteiger partial charge on any atom is -0.457 e. The quantitative estimate of drug-likeness (QED) is 0.479. The van der Waals surface area contributed by atoms with E-state index >= 15 is 0 Å². The van der Waals surface area contributed by atoms with E-state index in [1.54, 1.807) is 23.4 Å². The molecule has 42 heavy (non-hydrogen) atoms. The van der Waals surface area contributed by atoms with E-state index in [0.717, 1.165) is 35.5 Å². The second-order valence-corrected chi connectivity index (χ2v) is 11.6. The Hall–Kier alpha value is -4.02. The molecule has 2 fully saturated rings. The van der Waals surface area contributed by atoms with Gasteiger partial charge in [-0.2, -0.15) is 5.10 Å². The maximum absolute atomic E-state index is 13.4. The Morgan fingerprint density at radius 1 is 1.00 bits per heavy atom. The maximum Gasteiger partial charge on any atom is 0.244 e. The normalized spacial score (nSPS) is 21.4. The third-order valence-electron chi connectivity index (χ3n) is 8.28. The number of hydrogen-bond donors (Lipinski definition) is 1. The summed E-state index contributed by atoms with van der Waals surface area (Å²) in [5.41, 5.74) is 3.87. The first-order chi connectivity index (χ1) is 20.2. The van der Waals surface area contributed by atoms with Crippen LogP contribution in [0.25, 0.3) is 0 Å². The standard InChI is InChI=1S/C32H37N5O5/c1-20-32(22(3)38)21(2)37(34-20)18-31(40)36-15-28-29(16-36)41-19-24-7-5-9-27(13-24)42-26-8-4-6-23(12-26)14-35(25-10-11-25)17-30(39)33-28/h4-9,12-13,25,28-29H,10-11,14-19H2,1-3H3,(H,33,39)/t28-,29-/m0/s1. The van der Waals surface area contributed by atoms with E-state index in [1.165, 1.54) is 6.92 Å². The highest BCUT2D eigenvalue weighted by atomic mass is 16.5. The van der Waals surface area contributed by atoms with E-state index in [1.807, 2.05) is 42.5 Å². The van der Waals surface area contributed by atoms with E-state index in [-0.39, 0.29) is 42.8 Å². The smallest absolute Gasteiger partial charge is 0.244 e. The summed E-state index contributed by atoms with van der Waals surface area (Å²) in [6.45, 7) is 7.01. The fraction of sp³-hybridized carbons (Fsp3) is 0.438. The molecule has 1 saturated heterocycles. The number of hydrogen-bond acceptors (Lipinski definition) is 7. The van der Waals surface area contributed by atoms with Gasteiger partial charge in [-0.1, -0.05) is 24.3 Å². The lowest BCUT2D eigenvalue weighted by Gasteiger charge is -2.25. The van der Waals surface area contributed by atoms with Gasteiger partial charge in [0.2, 0.25) is 11.8 Å². The van der Waals surface area contributed by atoms with Crippen molar-refractivity contribution < 1.29 is 23.9 Å². The molecule has 2 aliphatic heterocycles. The van der Waals surface area contributed by atoms with Crippen molar-refractivity contribution in [1.82, 2.24) is 24.9 Å². The van der Waals surface area contributed by atoms with Gasteiger partial charge in [-0.3, -0.25) is 24.0 Å². The first-order valence-electron chi connectivity index (χ1n) is 14.6. The lowest BCUT2D eigenvalue weighted by Crippen LogP contribution is -2.48. The zero-order chi connectivity index (χ0) is 29.4. The first-order valence-corrected chi connectivity index (χ1v) is 14.6. The molecule has 10 nitrogen and oxygen atoms in total. The van der Waals surface area contributed by atoms with Crippen molar-refractivity contribution in [3.05, 3.63) is 76.6 Å². The molecule has 2 amide bonds. The Labute approximate surface area is 245 Å². The molecule has 220 valence electrons. The highest BCUT2D eigenvalue weighted by molar-refractivity contribution is 5.96. The molecule has 6 rings (SSSR count). The SMILES string of the molecule is CC(=O)c1c(C)nn(CC(=O)N2C[C@@H]3NC(=O)CN(C4CC4)Cc4cccc(c4)Oc4cccc(c4)CO[C@H]3C2)c1C. The van der Waals surface area contributed by atoms with Crippen LogP contribution < -0.4 is 10.1 Å². The molecule has 0 radical (unpaired) electrons. The molecule has 0 unspecified atom stereocenters. The first kappa shape index (κ1) is 28.1. The van der Waals surface area contributed by atoms with Gasteiger partial charge in [-0.15, -0.1) is 0 Å². The number of aromatic nitrogens is 2. The lowest BCUT2D eigenvalue weighted by molar-refractivity contribution is -0.131. The molecule has 3 aromatic rings. The van der Waals surface area contributed by atoms with Crippen molar-refractivity contribution in [2.45, 2.75) is 71.5 Å². The summed E-state index contributed by atoms with van der Waals surface area (Å²) in [4.78, 5) is 42.8. The van der Waals surface area contributed by atoms with Gasteiger partial charge >= 0.3 is 0 Å². The Morgan fingerprint density at radius 2 is 1.71 bits per heavy atom. The molecule has 2 aromatic carbocycles. The fourth-order valence-corrected chi connectivity index (χ4v) is 6.04. The zero-order valence-corrected chi connectivity index (χ0v) is 24.3. The predicted molar refractivity (Wildman–Crippen MR) is 155 cm³/mol. The van der Waals surface area contributed by atoms with E-state index in [0.29, 0.717) is 49.2 Å². The molecule has 10 heteroatoms. The molecule has 3 heterocycles. The average Bonchev–Trinajstić information content (AvgIpc) is 3.65. The average molecular weight is 572 g/mol. The van der Waals surface area contributed by atoms with Crippen LogP contribution in [0.2, 0.25) is 0 Å². The van der Waals surface area contributed by atoms with Crippen LogP contribution >= 0.6 is 0 Å². The highest BCUT2D eigenvalue weighted by Crippen LogP contribution is 2.30. The van der Waals surface area contributed by atoms with Crippen molar-refractivity contribution in [2.24, 2.45) is 0 Å². The minimum atomic E-state index is -0.384. The Kier molecular flexibility index (Phi) is 7.83. The van der Waals surface area contributed by atoms with Crippen LogP contribution in [0, 0.1) is 13.8 Å². The third kappa shape index (κ3) is 6.24. The van der Waals surface area contributed by atoms with Gasteiger partial charge in [-0.05, 0) is 69.0 Å². The van der Waals surface area contributed by atoms with Crippen LogP contribution in [0.15, 0.2) is 48.5 Å². The molecular weight excluding hydrogens is 534 g/mol. The van der Waals surface area contributed by atoms with Crippen LogP contribution in [0.3, 0.4) is 0 Å². The van der Waals surface area contributed by atoms with Crippen molar-refractivity contribution in [2.75, 3.05) is 19.6 Å². The number of ketones is 1. The van der Waals surface area contributed by atoms with Crippen LogP contribution in [0.4, 0.5) is 0 Å². The van der Waals surface area contributed by atoms with Gasteiger partial charge in [0.15, 0.2) is 5.78 Å². The van der Waals surface area contributed by atoms with E-state index < -0.39 is 0 Å². The summed E-state index contributed by atoms with van der Waals surface area (Å²) in [5.74, 6) is 1.18. The summed E-state index contributed by atoms with van der Waals surface area (Å²) in [7, 11) is 0. The Bertz CT molecular complexity index is 1510. The number of fused-ring (bicyclic) bond motifs is 5. The number of nitrogens with one attached hydrogen (secondary N) is 1. The predicted octanol–water partition coefficient (Wildman–Crippen LogP) is 3.39. The molecule has 2 atom stereocenters. The number of rotatable bonds is 4. The van der Waals surface area contributed by atoms with E-state index in [2.05, 4.69) is 21.4 Å². The second kappa shape index (κ2) is 11.7. The number of likely N-dealkylation sites (tertiary alicyclic amines) is 1. The van der Waals surface area contributed by atoms with Crippen LogP contribution in [0.5, 0.6) is 11.5 Å². The van der Waals surface area contributed by atoms with Crippen LogP contribution in [-0.2, 0) is 34.0 Å². The number of benzene rings is 2. The van der Waals surface area contributed by atoms with Gasteiger partial charge in [0.1, 0.15) is 18.0 Å². The lowest BCUT2D eigenvalue weighted by atomic mass is 10.1. The number of carbonyl (C=O) groups is 3. The summed E-state index contributed by atoms with van der Waals surface area (Å²) in [5, 5.41) is 7.62. The molecule has 1 saturated carbocycles. The number of ether oxygens (including phenoxy) is 2. The summed E-state index contributed by atoms with van der Waals surface area (Å²) < 4.78 is 14.1. The molecule has 3 aliphatic rings. The van der Waals surface area contributed by atoms with E-state index in [4.69, 9.17) is 9.47 Å². The van der Waals surface area contributed by atoms with Gasteiger partial charge in [0.25, 0.3) is 0 Å². The Balaban J connectivity index is 1.23. The molecule has 1 N–H and O–H groups in total. The number of carbonyl (C=O) groups excluding carboxylic acids is 3. The van der Waals surface area contributed by atoms with Crippen molar-refractivity contribution in [3.63, 3.8) is 0 Å². The monoisotopic (exact) mass is 571 g/mol. The maximum atomic E-state index is 13.4. The van der Waals surface area contributed by atoms with Gasteiger partial charge in [0.05, 0.1) is 36.6 Å². The van der Waals surface area contributed by atoms with Crippen molar-refractivity contribution >= 4 is 17.6 Å². The summed E-state index contributed by atoms with van der Waals surface area (Å²) >= 11 is 0. The number of nitrogens with zero attached hydrogens (tertiary/aromatic N) is 4. The van der Waals surface area contributed by atoms with Crippen molar-refractivity contribution in [1.29, 1.82) is 0 Å². The third-order valence-corrected chi connectivity index (χ3v) is 8.28. The number of aryl methyl sites for hydroxylation is 1. The van der Waals surface area contributed by atoms with E-state index in [9.17, 15) is 14.4 Å².